The van der Waals surface area contributed by atoms with Gasteiger partial charge in [0.1, 0.15) is 17.8 Å². The van der Waals surface area contributed by atoms with E-state index in [1.165, 1.54) is 24.0 Å². The van der Waals surface area contributed by atoms with E-state index in [1.807, 2.05) is 78.9 Å². The molecule has 1 aliphatic rings. The summed E-state index contributed by atoms with van der Waals surface area (Å²) in [6.45, 7) is 0.958. The molecule has 14 heteroatoms. The number of para-hydroxylation sites is 2. The van der Waals surface area contributed by atoms with E-state index >= 15 is 0 Å². The lowest BCUT2D eigenvalue weighted by Gasteiger charge is -2.26. The number of fused-ring (bicyclic) bond motifs is 2. The molecule has 0 fully saturated rings. The van der Waals surface area contributed by atoms with Gasteiger partial charge in [0.2, 0.25) is 23.6 Å². The summed E-state index contributed by atoms with van der Waals surface area (Å²) in [7, 11) is 1.65. The highest BCUT2D eigenvalue weighted by molar-refractivity contribution is 6.01. The first-order valence-corrected chi connectivity index (χ1v) is 17.9. The average Bonchev–Trinajstić information content (AvgIpc) is 3.56. The van der Waals surface area contributed by atoms with Crippen LogP contribution in [0.15, 0.2) is 109 Å². The van der Waals surface area contributed by atoms with Crippen molar-refractivity contribution in [1.29, 1.82) is 0 Å². The van der Waals surface area contributed by atoms with Gasteiger partial charge in [-0.05, 0) is 53.4 Å². The number of aromatic amines is 1. The van der Waals surface area contributed by atoms with Crippen LogP contribution < -0.4 is 37.2 Å². The molecule has 55 heavy (non-hydrogen) atoms. The van der Waals surface area contributed by atoms with Gasteiger partial charge in [0, 0.05) is 42.7 Å². The molecule has 5 atom stereocenters. The summed E-state index contributed by atoms with van der Waals surface area (Å²) in [4.78, 5) is 72.2. The molecule has 0 bridgehead atoms. The van der Waals surface area contributed by atoms with Crippen molar-refractivity contribution in [3.05, 3.63) is 132 Å². The maximum absolute atomic E-state index is 14.2. The number of amides is 5. The average molecular weight is 745 g/mol. The summed E-state index contributed by atoms with van der Waals surface area (Å²) in [5, 5.41) is 24.6. The number of likely N-dealkylation sites (N-methyl/N-ethyl adjacent to an activating group) is 1. The lowest BCUT2D eigenvalue weighted by Crippen LogP contribution is -2.60. The summed E-state index contributed by atoms with van der Waals surface area (Å²) in [5.74, 6) is -2.89. The molecule has 0 saturated heterocycles. The van der Waals surface area contributed by atoms with Crippen molar-refractivity contribution in [2.24, 2.45) is 5.73 Å². The van der Waals surface area contributed by atoms with Crippen molar-refractivity contribution >= 4 is 46.1 Å². The third kappa shape index (κ3) is 9.18. The Morgan fingerprint density at radius 3 is 2.24 bits per heavy atom. The SMILES string of the molecule is C[C@H](N)C(=O)N[C@@H](Cc1ccc(O)cc1)C(=O)NCC(=O)N[C@@H](Cc1c[nH]c2ccccc12)C(=O)N[C@@H]1NC(c2ccccc2)c2ccccc2N(C)C1=O. The number of phenolic OH excluding ortho intramolecular Hbond substituents is 1. The summed E-state index contributed by atoms with van der Waals surface area (Å²) < 4.78 is 0. The predicted octanol–water partition coefficient (Wildman–Crippen LogP) is 1.89. The van der Waals surface area contributed by atoms with Gasteiger partial charge in [0.15, 0.2) is 6.17 Å². The van der Waals surface area contributed by atoms with E-state index < -0.39 is 66.4 Å². The van der Waals surface area contributed by atoms with E-state index in [9.17, 15) is 29.1 Å². The van der Waals surface area contributed by atoms with Gasteiger partial charge in [-0.3, -0.25) is 29.3 Å². The molecule has 1 aliphatic heterocycles. The zero-order valence-corrected chi connectivity index (χ0v) is 30.4. The van der Waals surface area contributed by atoms with Crippen LogP contribution in [0.25, 0.3) is 10.9 Å². The first-order chi connectivity index (χ1) is 26.5. The van der Waals surface area contributed by atoms with E-state index in [0.29, 0.717) is 11.3 Å². The van der Waals surface area contributed by atoms with E-state index in [0.717, 1.165) is 27.6 Å². The lowest BCUT2D eigenvalue weighted by atomic mass is 9.97. The van der Waals surface area contributed by atoms with Crippen molar-refractivity contribution in [3.8, 4) is 5.75 Å². The van der Waals surface area contributed by atoms with Crippen molar-refractivity contribution in [2.45, 2.75) is 50.1 Å². The molecule has 0 aliphatic carbocycles. The Bertz CT molecular complexity index is 2170. The number of benzene rings is 4. The van der Waals surface area contributed by atoms with Crippen LogP contribution in [0.5, 0.6) is 5.75 Å². The maximum Gasteiger partial charge on any atom is 0.264 e. The second-order valence-electron chi connectivity index (χ2n) is 13.5. The van der Waals surface area contributed by atoms with Gasteiger partial charge in [-0.25, -0.2) is 0 Å². The minimum atomic E-state index is -1.17. The highest BCUT2D eigenvalue weighted by Crippen LogP contribution is 2.33. The van der Waals surface area contributed by atoms with Crippen LogP contribution in [-0.2, 0) is 36.8 Å². The zero-order valence-electron chi connectivity index (χ0n) is 30.4. The molecular weight excluding hydrogens is 701 g/mol. The maximum atomic E-state index is 14.2. The van der Waals surface area contributed by atoms with E-state index in [2.05, 4.69) is 31.6 Å². The summed E-state index contributed by atoms with van der Waals surface area (Å²) in [5.41, 5.74) is 10.4. The molecule has 9 N–H and O–H groups in total. The van der Waals surface area contributed by atoms with Crippen LogP contribution in [0.1, 0.15) is 35.2 Å². The number of aromatic hydroxyl groups is 1. The van der Waals surface area contributed by atoms with Crippen LogP contribution in [0.3, 0.4) is 0 Å². The Balaban J connectivity index is 1.21. The van der Waals surface area contributed by atoms with E-state index in [-0.39, 0.29) is 18.6 Å². The highest BCUT2D eigenvalue weighted by atomic mass is 16.3. The predicted molar refractivity (Wildman–Crippen MR) is 208 cm³/mol. The molecule has 284 valence electrons. The van der Waals surface area contributed by atoms with E-state index in [1.54, 1.807) is 25.4 Å². The largest absolute Gasteiger partial charge is 0.508 e. The molecule has 1 unspecified atom stereocenters. The number of aromatic nitrogens is 1. The van der Waals surface area contributed by atoms with Gasteiger partial charge >= 0.3 is 0 Å². The number of carbonyl (C=O) groups is 5. The minimum Gasteiger partial charge on any atom is -0.508 e. The van der Waals surface area contributed by atoms with Crippen molar-refractivity contribution in [3.63, 3.8) is 0 Å². The highest BCUT2D eigenvalue weighted by Gasteiger charge is 2.36. The standard InChI is InChI=1S/C41H44N8O6/c1-24(42)38(52)46-32(20-25-16-18-28(50)19-17-25)39(53)44-23-35(51)45-33(21-27-22-43-31-14-8-6-12-29(27)31)40(54)48-37-41(55)49(2)34-15-9-7-13-30(34)36(47-37)26-10-4-3-5-11-26/h3-19,22,24,32-33,36-37,43,47,50H,20-21,23,42H2,1-2H3,(H,44,53)(H,45,51)(H,46,52)(H,48,54)/t24-,32-,33-,36?,37-/m0/s1. The number of carbonyl (C=O) groups excluding carboxylic acids is 5. The van der Waals surface area contributed by atoms with Gasteiger partial charge in [-0.15, -0.1) is 0 Å². The fourth-order valence-corrected chi connectivity index (χ4v) is 6.59. The first kappa shape index (κ1) is 38.2. The fourth-order valence-electron chi connectivity index (χ4n) is 6.59. The quantitative estimate of drug-likeness (QED) is 0.0891. The number of H-pyrrole nitrogens is 1. The van der Waals surface area contributed by atoms with Gasteiger partial charge in [0.25, 0.3) is 5.91 Å². The van der Waals surface area contributed by atoms with Crippen molar-refractivity contribution in [2.75, 3.05) is 18.5 Å². The van der Waals surface area contributed by atoms with Crippen molar-refractivity contribution in [1.82, 2.24) is 31.6 Å². The number of rotatable bonds is 13. The zero-order chi connectivity index (χ0) is 39.1. The fraction of sp³-hybridized carbons (Fsp3) is 0.244. The Hall–Kier alpha value is -6.51. The van der Waals surface area contributed by atoms with Crippen LogP contribution >= 0.6 is 0 Å². The second-order valence-corrected chi connectivity index (χ2v) is 13.5. The molecule has 14 nitrogen and oxygen atoms in total. The second kappa shape index (κ2) is 17.1. The Morgan fingerprint density at radius 2 is 1.49 bits per heavy atom. The normalized spacial score (nSPS) is 16.9. The van der Waals surface area contributed by atoms with Crippen molar-refractivity contribution < 1.29 is 29.1 Å². The Labute approximate surface area is 317 Å². The molecule has 5 amide bonds. The molecule has 6 rings (SSSR count). The summed E-state index contributed by atoms with van der Waals surface area (Å²) >= 11 is 0. The smallest absolute Gasteiger partial charge is 0.264 e. The number of hydrogen-bond donors (Lipinski definition) is 8. The Morgan fingerprint density at radius 1 is 0.818 bits per heavy atom. The first-order valence-electron chi connectivity index (χ1n) is 17.9. The Kier molecular flexibility index (Phi) is 11.9. The third-order valence-electron chi connectivity index (χ3n) is 9.54. The molecule has 2 heterocycles. The lowest BCUT2D eigenvalue weighted by molar-refractivity contribution is -0.132. The monoisotopic (exact) mass is 744 g/mol. The molecular formula is C41H44N8O6. The summed E-state index contributed by atoms with van der Waals surface area (Å²) in [6.07, 6.45) is 0.704. The molecule has 4 aromatic carbocycles. The van der Waals surface area contributed by atoms with Crippen LogP contribution in [0.4, 0.5) is 5.69 Å². The molecule has 1 aromatic heterocycles. The number of nitrogens with two attached hydrogens (primary N) is 1. The molecule has 0 saturated carbocycles. The number of phenols is 1. The number of hydrogen-bond acceptors (Lipinski definition) is 8. The van der Waals surface area contributed by atoms with Gasteiger partial charge in [-0.1, -0.05) is 78.9 Å². The molecule has 0 spiro atoms. The van der Waals surface area contributed by atoms with Gasteiger partial charge in [-0.2, -0.15) is 0 Å². The molecule has 5 aromatic rings. The van der Waals surface area contributed by atoms with Crippen LogP contribution in [-0.4, -0.2) is 77.5 Å². The number of nitrogens with one attached hydrogen (secondary N) is 6. The topological polar surface area (TPSA) is 211 Å². The van der Waals surface area contributed by atoms with Crippen LogP contribution in [0, 0.1) is 0 Å². The number of anilines is 1. The minimum absolute atomic E-state index is 0.0413. The third-order valence-corrected chi connectivity index (χ3v) is 9.54. The summed E-state index contributed by atoms with van der Waals surface area (Å²) in [6, 6.07) is 27.2. The molecule has 0 radical (unpaired) electrons. The number of nitrogens with zero attached hydrogens (tertiary/aromatic N) is 1. The van der Waals surface area contributed by atoms with Crippen LogP contribution in [0.2, 0.25) is 0 Å². The van der Waals surface area contributed by atoms with Gasteiger partial charge in [0.05, 0.1) is 18.6 Å². The van der Waals surface area contributed by atoms with E-state index in [4.69, 9.17) is 5.73 Å². The van der Waals surface area contributed by atoms with Gasteiger partial charge < -0.3 is 42.0 Å².